The molecule has 1 unspecified atom stereocenters. The molecule has 1 aromatic heterocycles. The van der Waals surface area contributed by atoms with Gasteiger partial charge in [0, 0.05) is 32.9 Å². The standard InChI is InChI=1S/C10H16N4O/c1-15-9-3-5-14(7-9)10-12-4-2-8(6-11)13-10/h2,4,9H,3,5-7,11H2,1H3. The summed E-state index contributed by atoms with van der Waals surface area (Å²) in [6, 6.07) is 1.84. The molecule has 1 aliphatic rings. The van der Waals surface area contributed by atoms with E-state index >= 15 is 0 Å². The van der Waals surface area contributed by atoms with Crippen molar-refractivity contribution in [3.63, 3.8) is 0 Å². The molecule has 1 fully saturated rings. The van der Waals surface area contributed by atoms with Crippen molar-refractivity contribution in [2.45, 2.75) is 19.1 Å². The van der Waals surface area contributed by atoms with E-state index < -0.39 is 0 Å². The van der Waals surface area contributed by atoms with Gasteiger partial charge in [-0.05, 0) is 12.5 Å². The van der Waals surface area contributed by atoms with Crippen molar-refractivity contribution in [1.82, 2.24) is 9.97 Å². The van der Waals surface area contributed by atoms with Crippen LogP contribution in [0.15, 0.2) is 12.3 Å². The molecule has 1 aromatic rings. The first-order valence-corrected chi connectivity index (χ1v) is 5.13. The fourth-order valence-corrected chi connectivity index (χ4v) is 1.75. The molecule has 0 bridgehead atoms. The molecule has 0 radical (unpaired) electrons. The fraction of sp³-hybridized carbons (Fsp3) is 0.600. The largest absolute Gasteiger partial charge is 0.380 e. The monoisotopic (exact) mass is 208 g/mol. The molecule has 1 atom stereocenters. The highest BCUT2D eigenvalue weighted by atomic mass is 16.5. The molecular weight excluding hydrogens is 192 g/mol. The minimum absolute atomic E-state index is 0.301. The third-order valence-corrected chi connectivity index (χ3v) is 2.67. The van der Waals surface area contributed by atoms with E-state index in [0.717, 1.165) is 31.2 Å². The number of nitrogens with two attached hydrogens (primary N) is 1. The van der Waals surface area contributed by atoms with Crippen molar-refractivity contribution in [1.29, 1.82) is 0 Å². The maximum Gasteiger partial charge on any atom is 0.225 e. The van der Waals surface area contributed by atoms with E-state index in [-0.39, 0.29) is 0 Å². The molecule has 0 aromatic carbocycles. The Labute approximate surface area is 89.3 Å². The second-order valence-electron chi connectivity index (χ2n) is 3.64. The Morgan fingerprint density at radius 2 is 2.53 bits per heavy atom. The van der Waals surface area contributed by atoms with Gasteiger partial charge < -0.3 is 15.4 Å². The van der Waals surface area contributed by atoms with Crippen molar-refractivity contribution in [2.75, 3.05) is 25.1 Å². The van der Waals surface area contributed by atoms with E-state index in [2.05, 4.69) is 14.9 Å². The van der Waals surface area contributed by atoms with Gasteiger partial charge in [0.1, 0.15) is 0 Å². The van der Waals surface area contributed by atoms with E-state index in [0.29, 0.717) is 12.6 Å². The van der Waals surface area contributed by atoms with Crippen molar-refractivity contribution in [3.8, 4) is 0 Å². The van der Waals surface area contributed by atoms with E-state index in [1.807, 2.05) is 6.07 Å². The van der Waals surface area contributed by atoms with Crippen LogP contribution >= 0.6 is 0 Å². The highest BCUT2D eigenvalue weighted by Gasteiger charge is 2.23. The molecule has 0 aliphatic carbocycles. The van der Waals surface area contributed by atoms with Crippen LogP contribution in [0.25, 0.3) is 0 Å². The van der Waals surface area contributed by atoms with Gasteiger partial charge in [-0.2, -0.15) is 0 Å². The Balaban J connectivity index is 2.09. The van der Waals surface area contributed by atoms with E-state index in [1.54, 1.807) is 13.3 Å². The zero-order chi connectivity index (χ0) is 10.7. The smallest absolute Gasteiger partial charge is 0.225 e. The number of ether oxygens (including phenoxy) is 1. The molecule has 5 heteroatoms. The lowest BCUT2D eigenvalue weighted by Crippen LogP contribution is -2.24. The first-order valence-electron chi connectivity index (χ1n) is 5.13. The third kappa shape index (κ3) is 2.24. The van der Waals surface area contributed by atoms with Gasteiger partial charge in [-0.3, -0.25) is 0 Å². The lowest BCUT2D eigenvalue weighted by Gasteiger charge is -2.15. The molecule has 2 rings (SSSR count). The predicted molar refractivity (Wildman–Crippen MR) is 57.6 cm³/mol. The summed E-state index contributed by atoms with van der Waals surface area (Å²) >= 11 is 0. The number of hydrogen-bond donors (Lipinski definition) is 1. The summed E-state index contributed by atoms with van der Waals surface area (Å²) < 4.78 is 5.30. The molecule has 2 heterocycles. The summed E-state index contributed by atoms with van der Waals surface area (Å²) in [4.78, 5) is 10.8. The topological polar surface area (TPSA) is 64.3 Å². The quantitative estimate of drug-likeness (QED) is 0.766. The van der Waals surface area contributed by atoms with Crippen LogP contribution in [0.5, 0.6) is 0 Å². The molecule has 15 heavy (non-hydrogen) atoms. The molecule has 1 saturated heterocycles. The van der Waals surface area contributed by atoms with E-state index in [9.17, 15) is 0 Å². The van der Waals surface area contributed by atoms with Gasteiger partial charge in [-0.25, -0.2) is 9.97 Å². The van der Waals surface area contributed by atoms with Gasteiger partial charge in [0.25, 0.3) is 0 Å². The van der Waals surface area contributed by atoms with Crippen LogP contribution in [-0.4, -0.2) is 36.3 Å². The Kier molecular flexibility index (Phi) is 3.13. The van der Waals surface area contributed by atoms with Crippen molar-refractivity contribution in [2.24, 2.45) is 5.73 Å². The van der Waals surface area contributed by atoms with E-state index in [1.165, 1.54) is 0 Å². The number of rotatable bonds is 3. The summed E-state index contributed by atoms with van der Waals surface area (Å²) in [5.74, 6) is 0.762. The van der Waals surface area contributed by atoms with E-state index in [4.69, 9.17) is 10.5 Å². The van der Waals surface area contributed by atoms with Crippen LogP contribution in [0.2, 0.25) is 0 Å². The lowest BCUT2D eigenvalue weighted by molar-refractivity contribution is 0.121. The molecule has 0 saturated carbocycles. The number of nitrogens with zero attached hydrogens (tertiary/aromatic N) is 3. The van der Waals surface area contributed by atoms with Crippen LogP contribution in [0.1, 0.15) is 12.1 Å². The molecule has 82 valence electrons. The molecule has 0 spiro atoms. The highest BCUT2D eigenvalue weighted by Crippen LogP contribution is 2.17. The van der Waals surface area contributed by atoms with Gasteiger partial charge in [-0.15, -0.1) is 0 Å². The maximum absolute atomic E-state index is 5.54. The number of hydrogen-bond acceptors (Lipinski definition) is 5. The van der Waals surface area contributed by atoms with Crippen molar-refractivity contribution in [3.05, 3.63) is 18.0 Å². The lowest BCUT2D eigenvalue weighted by atomic mass is 10.3. The highest BCUT2D eigenvalue weighted by molar-refractivity contribution is 5.32. The Hall–Kier alpha value is -1.20. The zero-order valence-corrected chi connectivity index (χ0v) is 8.89. The summed E-state index contributed by atoms with van der Waals surface area (Å²) in [7, 11) is 1.74. The van der Waals surface area contributed by atoms with Crippen LogP contribution in [0.4, 0.5) is 5.95 Å². The number of anilines is 1. The molecule has 5 nitrogen and oxygen atoms in total. The third-order valence-electron chi connectivity index (χ3n) is 2.67. The average molecular weight is 208 g/mol. The normalized spacial score (nSPS) is 20.9. The second kappa shape index (κ2) is 4.55. The Bertz CT molecular complexity index is 331. The zero-order valence-electron chi connectivity index (χ0n) is 8.89. The molecule has 2 N–H and O–H groups in total. The summed E-state index contributed by atoms with van der Waals surface area (Å²) in [6.07, 6.45) is 3.09. The van der Waals surface area contributed by atoms with Crippen LogP contribution < -0.4 is 10.6 Å². The van der Waals surface area contributed by atoms with Gasteiger partial charge in [0.2, 0.25) is 5.95 Å². The number of methoxy groups -OCH3 is 1. The first kappa shape index (κ1) is 10.3. The van der Waals surface area contributed by atoms with Crippen molar-refractivity contribution < 1.29 is 4.74 Å². The minimum Gasteiger partial charge on any atom is -0.380 e. The van der Waals surface area contributed by atoms with Crippen LogP contribution in [0, 0.1) is 0 Å². The number of aromatic nitrogens is 2. The first-order chi connectivity index (χ1) is 7.33. The molecular formula is C10H16N4O. The summed E-state index contributed by atoms with van der Waals surface area (Å²) in [6.45, 7) is 2.27. The summed E-state index contributed by atoms with van der Waals surface area (Å²) in [5.41, 5.74) is 6.41. The Morgan fingerprint density at radius 3 is 3.20 bits per heavy atom. The Morgan fingerprint density at radius 1 is 1.67 bits per heavy atom. The minimum atomic E-state index is 0.301. The van der Waals surface area contributed by atoms with Crippen LogP contribution in [-0.2, 0) is 11.3 Å². The summed E-state index contributed by atoms with van der Waals surface area (Å²) in [5, 5.41) is 0. The SMILES string of the molecule is COC1CCN(c2nccc(CN)n2)C1. The van der Waals surface area contributed by atoms with Gasteiger partial charge >= 0.3 is 0 Å². The maximum atomic E-state index is 5.54. The predicted octanol–water partition coefficient (Wildman–Crippen LogP) is 0.160. The van der Waals surface area contributed by atoms with Gasteiger partial charge in [0.05, 0.1) is 11.8 Å². The van der Waals surface area contributed by atoms with Gasteiger partial charge in [-0.1, -0.05) is 0 Å². The fourth-order valence-electron chi connectivity index (χ4n) is 1.75. The average Bonchev–Trinajstić information content (AvgIpc) is 2.78. The molecule has 1 aliphatic heterocycles. The van der Waals surface area contributed by atoms with Crippen molar-refractivity contribution >= 4 is 5.95 Å². The van der Waals surface area contributed by atoms with Gasteiger partial charge in [0.15, 0.2) is 0 Å². The second-order valence-corrected chi connectivity index (χ2v) is 3.64. The van der Waals surface area contributed by atoms with Crippen LogP contribution in [0.3, 0.4) is 0 Å². The molecule has 0 amide bonds.